The number of nitrogens with two attached hydrogens (primary N) is 1. The van der Waals surface area contributed by atoms with Crippen LogP contribution in [0, 0.1) is 17.8 Å². The van der Waals surface area contributed by atoms with E-state index >= 15 is 0 Å². The van der Waals surface area contributed by atoms with Crippen LogP contribution in [0.4, 0.5) is 4.79 Å². The summed E-state index contributed by atoms with van der Waals surface area (Å²) in [6, 6.07) is 9.46. The van der Waals surface area contributed by atoms with Crippen molar-refractivity contribution in [3.63, 3.8) is 0 Å². The standard InChI is InChI=1S/C20H19BrN4O3S/c1-24-17(26)14-10-25(19(27)28-11-13-6-3-2-4-7-13)12-20(14,23-18(24)22)15-8-5-9-16(21)29-15/h2-4,6-7,9,14-15H,10-12H2,1H3,(H2,22,23). The Kier molecular flexibility index (Phi) is 5.32. The maximum atomic E-state index is 13.0. The van der Waals surface area contributed by atoms with Gasteiger partial charge in [0.05, 0.1) is 21.5 Å². The molecule has 3 aliphatic heterocycles. The molecule has 0 spiro atoms. The highest BCUT2D eigenvalue weighted by atomic mass is 79.9. The Hall–Kier alpha value is -2.44. The summed E-state index contributed by atoms with van der Waals surface area (Å²) in [7, 11) is 1.59. The molecular weight excluding hydrogens is 456 g/mol. The zero-order valence-corrected chi connectivity index (χ0v) is 18.1. The van der Waals surface area contributed by atoms with E-state index in [4.69, 9.17) is 15.5 Å². The van der Waals surface area contributed by atoms with Crippen LogP contribution in [0.2, 0.25) is 0 Å². The number of amides is 2. The maximum Gasteiger partial charge on any atom is 0.410 e. The average Bonchev–Trinajstić information content (AvgIpc) is 3.12. The molecule has 1 aromatic rings. The minimum Gasteiger partial charge on any atom is -0.445 e. The summed E-state index contributed by atoms with van der Waals surface area (Å²) in [5, 5.41) is -0.310. The van der Waals surface area contributed by atoms with Crippen LogP contribution in [0.5, 0.6) is 0 Å². The van der Waals surface area contributed by atoms with E-state index in [0.29, 0.717) is 0 Å². The second-order valence-electron chi connectivity index (χ2n) is 7.07. The fourth-order valence-electron chi connectivity index (χ4n) is 3.75. The van der Waals surface area contributed by atoms with E-state index in [2.05, 4.69) is 27.8 Å². The molecule has 3 unspecified atom stereocenters. The number of hydrogen-bond acceptors (Lipinski definition) is 6. The van der Waals surface area contributed by atoms with Crippen LogP contribution in [0.15, 0.2) is 45.2 Å². The molecule has 3 aliphatic rings. The number of fused-ring (bicyclic) bond motifs is 1. The molecule has 2 N–H and O–H groups in total. The molecule has 2 amide bonds. The Morgan fingerprint density at radius 2 is 2.21 bits per heavy atom. The Bertz CT molecular complexity index is 971. The molecule has 0 radical (unpaired) electrons. The minimum absolute atomic E-state index is 0.138. The van der Waals surface area contributed by atoms with Crippen molar-refractivity contribution >= 4 is 45.7 Å². The van der Waals surface area contributed by atoms with Gasteiger partial charge in [-0.15, -0.1) is 0 Å². The SMILES string of the molecule is CN1C(=O)C2CN(C(=O)OCc3ccccc3)CC2(C2C#CC=C(Br)S2)N=C1N. The average molecular weight is 475 g/mol. The van der Waals surface area contributed by atoms with Crippen molar-refractivity contribution in [2.45, 2.75) is 17.4 Å². The third-order valence-corrected chi connectivity index (χ3v) is 7.19. The lowest BCUT2D eigenvalue weighted by atomic mass is 9.82. The first-order valence-electron chi connectivity index (χ1n) is 9.02. The van der Waals surface area contributed by atoms with Crippen molar-refractivity contribution in [3.05, 3.63) is 45.8 Å². The van der Waals surface area contributed by atoms with Gasteiger partial charge in [0.15, 0.2) is 5.96 Å². The first-order valence-corrected chi connectivity index (χ1v) is 10.7. The van der Waals surface area contributed by atoms with E-state index in [1.54, 1.807) is 13.1 Å². The van der Waals surface area contributed by atoms with Gasteiger partial charge in [0, 0.05) is 19.7 Å². The second-order valence-corrected chi connectivity index (χ2v) is 9.59. The van der Waals surface area contributed by atoms with Gasteiger partial charge in [0.2, 0.25) is 5.91 Å². The van der Waals surface area contributed by atoms with E-state index < -0.39 is 17.6 Å². The summed E-state index contributed by atoms with van der Waals surface area (Å²) in [6.07, 6.45) is 1.28. The molecule has 1 saturated heterocycles. The molecule has 7 nitrogen and oxygen atoms in total. The lowest BCUT2D eigenvalue weighted by molar-refractivity contribution is -0.132. The summed E-state index contributed by atoms with van der Waals surface area (Å²) < 4.78 is 6.34. The first kappa shape index (κ1) is 19.9. The molecule has 1 aromatic carbocycles. The molecule has 1 fully saturated rings. The Labute approximate surface area is 181 Å². The zero-order valence-electron chi connectivity index (χ0n) is 15.7. The Morgan fingerprint density at radius 3 is 2.93 bits per heavy atom. The van der Waals surface area contributed by atoms with Crippen LogP contribution in [0.1, 0.15) is 5.56 Å². The molecule has 29 heavy (non-hydrogen) atoms. The maximum absolute atomic E-state index is 13.0. The normalized spacial score (nSPS) is 28.1. The van der Waals surface area contributed by atoms with Crippen molar-refractivity contribution in [1.29, 1.82) is 0 Å². The topological polar surface area (TPSA) is 88.2 Å². The number of carbonyl (C=O) groups is 2. The highest BCUT2D eigenvalue weighted by Gasteiger charge is 2.59. The largest absolute Gasteiger partial charge is 0.445 e. The van der Waals surface area contributed by atoms with Gasteiger partial charge in [-0.25, -0.2) is 9.79 Å². The fraction of sp³-hybridized carbons (Fsp3) is 0.350. The Morgan fingerprint density at radius 1 is 1.45 bits per heavy atom. The van der Waals surface area contributed by atoms with E-state index in [1.807, 2.05) is 30.3 Å². The van der Waals surface area contributed by atoms with E-state index in [1.165, 1.54) is 21.6 Å². The van der Waals surface area contributed by atoms with Crippen LogP contribution in [-0.4, -0.2) is 58.7 Å². The molecule has 0 saturated carbocycles. The lowest BCUT2D eigenvalue weighted by Crippen LogP contribution is -2.59. The third-order valence-electron chi connectivity index (χ3n) is 5.29. The van der Waals surface area contributed by atoms with Gasteiger partial charge in [-0.3, -0.25) is 9.69 Å². The fourth-order valence-corrected chi connectivity index (χ4v) is 5.40. The summed E-state index contributed by atoms with van der Waals surface area (Å²) >= 11 is 4.95. The molecular formula is C20H19BrN4O3S. The lowest BCUT2D eigenvalue weighted by Gasteiger charge is -2.40. The van der Waals surface area contributed by atoms with Gasteiger partial charge in [0.1, 0.15) is 12.1 Å². The van der Waals surface area contributed by atoms with E-state index in [0.717, 1.165) is 9.38 Å². The van der Waals surface area contributed by atoms with Crippen molar-refractivity contribution < 1.29 is 14.3 Å². The number of hydrogen-bond donors (Lipinski definition) is 1. The number of allylic oxidation sites excluding steroid dienone is 1. The van der Waals surface area contributed by atoms with Crippen LogP contribution in [0.25, 0.3) is 0 Å². The zero-order chi connectivity index (χ0) is 20.6. The number of halogens is 1. The number of likely N-dealkylation sites (tertiary alicyclic amines) is 1. The van der Waals surface area contributed by atoms with Gasteiger partial charge in [-0.05, 0) is 21.5 Å². The third kappa shape index (κ3) is 3.63. The summed E-state index contributed by atoms with van der Waals surface area (Å²) in [6.45, 7) is 0.602. The molecule has 0 aliphatic carbocycles. The number of carbonyl (C=O) groups excluding carboxylic acids is 2. The smallest absolute Gasteiger partial charge is 0.410 e. The van der Waals surface area contributed by atoms with E-state index in [-0.39, 0.29) is 36.8 Å². The van der Waals surface area contributed by atoms with Crippen LogP contribution >= 0.6 is 27.7 Å². The molecule has 4 rings (SSSR count). The van der Waals surface area contributed by atoms with Crippen LogP contribution in [0.3, 0.4) is 0 Å². The monoisotopic (exact) mass is 474 g/mol. The summed E-state index contributed by atoms with van der Waals surface area (Å²) in [5.74, 6) is 5.56. The Balaban J connectivity index is 1.58. The number of rotatable bonds is 3. The molecule has 150 valence electrons. The molecule has 3 heterocycles. The van der Waals surface area contributed by atoms with Gasteiger partial charge < -0.3 is 15.4 Å². The van der Waals surface area contributed by atoms with Crippen LogP contribution < -0.4 is 5.73 Å². The number of guanidine groups is 1. The van der Waals surface area contributed by atoms with Crippen LogP contribution in [-0.2, 0) is 16.1 Å². The number of benzene rings is 1. The van der Waals surface area contributed by atoms with Crippen molar-refractivity contribution in [2.75, 3.05) is 20.1 Å². The quantitative estimate of drug-likeness (QED) is 0.677. The van der Waals surface area contributed by atoms with Crippen molar-refractivity contribution in [3.8, 4) is 11.8 Å². The first-order chi connectivity index (χ1) is 13.9. The molecule has 3 atom stereocenters. The van der Waals surface area contributed by atoms with Crippen molar-refractivity contribution in [2.24, 2.45) is 16.6 Å². The summed E-state index contributed by atoms with van der Waals surface area (Å²) in [5.41, 5.74) is 6.03. The highest BCUT2D eigenvalue weighted by molar-refractivity contribution is 9.14. The molecule has 0 bridgehead atoms. The second kappa shape index (κ2) is 7.76. The number of aliphatic imine (C=N–C) groups is 1. The minimum atomic E-state index is -0.912. The molecule has 9 heteroatoms. The highest BCUT2D eigenvalue weighted by Crippen LogP contribution is 2.46. The predicted octanol–water partition coefficient (Wildman–Crippen LogP) is 2.14. The van der Waals surface area contributed by atoms with Gasteiger partial charge in [-0.2, -0.15) is 0 Å². The van der Waals surface area contributed by atoms with Crippen molar-refractivity contribution in [1.82, 2.24) is 9.80 Å². The number of nitrogens with zero attached hydrogens (tertiary/aromatic N) is 3. The van der Waals surface area contributed by atoms with E-state index in [9.17, 15) is 9.59 Å². The summed E-state index contributed by atoms with van der Waals surface area (Å²) in [4.78, 5) is 33.3. The number of ether oxygens (including phenoxy) is 1. The van der Waals surface area contributed by atoms with Gasteiger partial charge in [0.25, 0.3) is 0 Å². The number of thioether (sulfide) groups is 1. The molecule has 0 aromatic heterocycles. The van der Waals surface area contributed by atoms with Gasteiger partial charge in [-0.1, -0.05) is 53.9 Å². The van der Waals surface area contributed by atoms with Gasteiger partial charge >= 0.3 is 6.09 Å². The predicted molar refractivity (Wildman–Crippen MR) is 115 cm³/mol.